The molecule has 0 aliphatic carbocycles. The number of hydrogen-bond acceptors (Lipinski definition) is 2. The summed E-state index contributed by atoms with van der Waals surface area (Å²) in [7, 11) is 0. The van der Waals surface area contributed by atoms with Crippen molar-refractivity contribution < 1.29 is 13.2 Å². The number of nitrogens with one attached hydrogen (secondary N) is 1. The molecule has 1 aromatic carbocycles. The lowest BCUT2D eigenvalue weighted by Gasteiger charge is -2.32. The van der Waals surface area contributed by atoms with Gasteiger partial charge in [-0.2, -0.15) is 13.2 Å². The molecule has 2 rings (SSSR count). The fourth-order valence-electron chi connectivity index (χ4n) is 2.84. The molecule has 1 atom stereocenters. The molecule has 22 heavy (non-hydrogen) atoms. The van der Waals surface area contributed by atoms with E-state index in [9.17, 15) is 13.2 Å². The zero-order valence-corrected chi connectivity index (χ0v) is 13.7. The Kier molecular flexibility index (Phi) is 4.87. The van der Waals surface area contributed by atoms with Gasteiger partial charge in [-0.25, -0.2) is 0 Å². The molecule has 1 aromatic rings. The maximum atomic E-state index is 13.4. The molecule has 1 aliphatic heterocycles. The predicted octanol–water partition coefficient (Wildman–Crippen LogP) is 3.80. The van der Waals surface area contributed by atoms with E-state index in [1.54, 1.807) is 6.07 Å². The lowest BCUT2D eigenvalue weighted by atomic mass is 9.85. The van der Waals surface area contributed by atoms with Gasteiger partial charge in [0.05, 0.1) is 5.56 Å². The fourth-order valence-corrected chi connectivity index (χ4v) is 2.84. The van der Waals surface area contributed by atoms with Gasteiger partial charge in [-0.3, -0.25) is 4.90 Å². The molecule has 2 nitrogen and oxygen atoms in total. The van der Waals surface area contributed by atoms with Crippen molar-refractivity contribution in [2.24, 2.45) is 0 Å². The van der Waals surface area contributed by atoms with Gasteiger partial charge in [0.15, 0.2) is 0 Å². The van der Waals surface area contributed by atoms with Gasteiger partial charge >= 0.3 is 6.18 Å². The first-order chi connectivity index (χ1) is 10.1. The number of benzene rings is 1. The Labute approximate surface area is 130 Å². The van der Waals surface area contributed by atoms with Crippen molar-refractivity contribution in [3.05, 3.63) is 34.9 Å². The van der Waals surface area contributed by atoms with Crippen molar-refractivity contribution in [3.63, 3.8) is 0 Å². The van der Waals surface area contributed by atoms with Crippen LogP contribution >= 0.6 is 0 Å². The monoisotopic (exact) mass is 314 g/mol. The third kappa shape index (κ3) is 4.23. The summed E-state index contributed by atoms with van der Waals surface area (Å²) in [6.45, 7) is 10.6. The second kappa shape index (κ2) is 6.20. The second-order valence-corrected chi connectivity index (χ2v) is 7.21. The maximum absolute atomic E-state index is 13.4. The number of halogens is 3. The molecule has 1 aliphatic rings. The Morgan fingerprint density at radius 3 is 2.45 bits per heavy atom. The zero-order valence-electron chi connectivity index (χ0n) is 13.7. The third-order valence-electron chi connectivity index (χ3n) is 4.13. The van der Waals surface area contributed by atoms with Crippen LogP contribution in [-0.4, -0.2) is 30.6 Å². The van der Waals surface area contributed by atoms with E-state index in [1.165, 1.54) is 6.07 Å². The summed E-state index contributed by atoms with van der Waals surface area (Å²) in [6, 6.07) is 5.12. The molecule has 1 fully saturated rings. The lowest BCUT2D eigenvalue weighted by molar-refractivity contribution is -0.138. The minimum atomic E-state index is -4.31. The molecule has 0 aromatic heterocycles. The van der Waals surface area contributed by atoms with Crippen LogP contribution in [-0.2, 0) is 18.1 Å². The lowest BCUT2D eigenvalue weighted by Crippen LogP contribution is -2.48. The van der Waals surface area contributed by atoms with E-state index < -0.39 is 11.7 Å². The largest absolute Gasteiger partial charge is 0.416 e. The van der Waals surface area contributed by atoms with E-state index in [-0.39, 0.29) is 5.41 Å². The molecule has 0 saturated carbocycles. The van der Waals surface area contributed by atoms with Crippen LogP contribution in [0.3, 0.4) is 0 Å². The Bertz CT molecular complexity index is 518. The predicted molar refractivity (Wildman–Crippen MR) is 82.9 cm³/mol. The van der Waals surface area contributed by atoms with Crippen LogP contribution in [0.2, 0.25) is 0 Å². The number of piperazine rings is 1. The summed E-state index contributed by atoms with van der Waals surface area (Å²) in [5, 5.41) is 3.31. The fraction of sp³-hybridized carbons (Fsp3) is 0.647. The van der Waals surface area contributed by atoms with Gasteiger partial charge < -0.3 is 5.32 Å². The van der Waals surface area contributed by atoms with Gasteiger partial charge in [0.2, 0.25) is 0 Å². The molecule has 0 amide bonds. The van der Waals surface area contributed by atoms with Crippen LogP contribution in [0.5, 0.6) is 0 Å². The van der Waals surface area contributed by atoms with Gasteiger partial charge in [-0.1, -0.05) is 32.9 Å². The van der Waals surface area contributed by atoms with E-state index in [2.05, 4.69) is 17.1 Å². The molecule has 1 unspecified atom stereocenters. The van der Waals surface area contributed by atoms with Gasteiger partial charge in [-0.05, 0) is 29.5 Å². The topological polar surface area (TPSA) is 15.3 Å². The van der Waals surface area contributed by atoms with Crippen LogP contribution in [0.15, 0.2) is 18.2 Å². The number of hydrogen-bond donors (Lipinski definition) is 1. The van der Waals surface area contributed by atoms with E-state index in [4.69, 9.17) is 0 Å². The third-order valence-corrected chi connectivity index (χ3v) is 4.13. The Hall–Kier alpha value is -1.07. The molecule has 1 N–H and O–H groups in total. The summed E-state index contributed by atoms with van der Waals surface area (Å²) in [6.07, 6.45) is -4.31. The van der Waals surface area contributed by atoms with Gasteiger partial charge in [0.25, 0.3) is 0 Å². The molecule has 124 valence electrons. The van der Waals surface area contributed by atoms with Crippen LogP contribution in [0.4, 0.5) is 13.2 Å². The Morgan fingerprint density at radius 2 is 1.91 bits per heavy atom. The Balaban J connectivity index is 2.30. The second-order valence-electron chi connectivity index (χ2n) is 7.21. The first-order valence-corrected chi connectivity index (χ1v) is 7.74. The van der Waals surface area contributed by atoms with E-state index in [0.717, 1.165) is 25.2 Å². The summed E-state index contributed by atoms with van der Waals surface area (Å²) >= 11 is 0. The molecule has 0 radical (unpaired) electrons. The standard InChI is InChI=1S/C17H25F3N2/c1-12-10-22(8-7-21-12)11-13-5-6-14(16(2,3)4)9-15(13)17(18,19)20/h5-6,9,12,21H,7-8,10-11H2,1-4H3. The summed E-state index contributed by atoms with van der Waals surface area (Å²) in [4.78, 5) is 2.09. The Morgan fingerprint density at radius 1 is 1.23 bits per heavy atom. The molecule has 1 saturated heterocycles. The van der Waals surface area contributed by atoms with Crippen molar-refractivity contribution in [1.82, 2.24) is 10.2 Å². The zero-order chi connectivity index (χ0) is 16.5. The summed E-state index contributed by atoms with van der Waals surface area (Å²) < 4.78 is 40.2. The quantitative estimate of drug-likeness (QED) is 0.893. The summed E-state index contributed by atoms with van der Waals surface area (Å²) in [5.74, 6) is 0. The van der Waals surface area contributed by atoms with Crippen LogP contribution < -0.4 is 5.32 Å². The van der Waals surface area contributed by atoms with Gasteiger partial charge in [-0.15, -0.1) is 0 Å². The number of nitrogens with zero attached hydrogens (tertiary/aromatic N) is 1. The average molecular weight is 314 g/mol. The first kappa shape index (κ1) is 17.3. The number of alkyl halides is 3. The van der Waals surface area contributed by atoms with Gasteiger partial charge in [0, 0.05) is 32.2 Å². The van der Waals surface area contributed by atoms with Crippen molar-refractivity contribution in [2.75, 3.05) is 19.6 Å². The first-order valence-electron chi connectivity index (χ1n) is 7.74. The SMILES string of the molecule is CC1CN(Cc2ccc(C(C)(C)C)cc2C(F)(F)F)CCN1. The molecular formula is C17H25F3N2. The van der Waals surface area contributed by atoms with Crippen molar-refractivity contribution >= 4 is 0 Å². The van der Waals surface area contributed by atoms with Crippen molar-refractivity contribution in [2.45, 2.75) is 51.9 Å². The highest BCUT2D eigenvalue weighted by molar-refractivity contribution is 5.37. The minimum Gasteiger partial charge on any atom is -0.312 e. The molecule has 5 heteroatoms. The van der Waals surface area contributed by atoms with Crippen LogP contribution in [0.1, 0.15) is 44.4 Å². The van der Waals surface area contributed by atoms with Crippen molar-refractivity contribution in [1.29, 1.82) is 0 Å². The van der Waals surface area contributed by atoms with E-state index in [1.807, 2.05) is 26.8 Å². The normalized spacial score (nSPS) is 21.1. The molecule has 0 spiro atoms. The maximum Gasteiger partial charge on any atom is 0.416 e. The number of rotatable bonds is 2. The smallest absolute Gasteiger partial charge is 0.312 e. The van der Waals surface area contributed by atoms with Crippen LogP contribution in [0, 0.1) is 0 Å². The highest BCUT2D eigenvalue weighted by Crippen LogP contribution is 2.35. The van der Waals surface area contributed by atoms with Gasteiger partial charge in [0.1, 0.15) is 0 Å². The molecule has 0 bridgehead atoms. The highest BCUT2D eigenvalue weighted by Gasteiger charge is 2.35. The summed E-state index contributed by atoms with van der Waals surface area (Å²) in [5.41, 5.74) is 0.306. The molecular weight excluding hydrogens is 289 g/mol. The van der Waals surface area contributed by atoms with E-state index >= 15 is 0 Å². The average Bonchev–Trinajstić information content (AvgIpc) is 2.36. The molecule has 1 heterocycles. The van der Waals surface area contributed by atoms with E-state index in [0.29, 0.717) is 18.2 Å². The van der Waals surface area contributed by atoms with Crippen molar-refractivity contribution in [3.8, 4) is 0 Å². The van der Waals surface area contributed by atoms with Crippen LogP contribution in [0.25, 0.3) is 0 Å². The highest BCUT2D eigenvalue weighted by atomic mass is 19.4. The minimum absolute atomic E-state index is 0.290.